The van der Waals surface area contributed by atoms with E-state index in [9.17, 15) is 4.39 Å². The van der Waals surface area contributed by atoms with Gasteiger partial charge in [-0.2, -0.15) is 0 Å². The summed E-state index contributed by atoms with van der Waals surface area (Å²) in [6.07, 6.45) is 0. The lowest BCUT2D eigenvalue weighted by atomic mass is 10.0. The standard InChI is InChI=1S/C16H16BrFN2S/c1-10(11-5-3-2-4-6-11)9-20-13-8-7-12(16(19)21)14(17)15(13)18/h2-8,10,20H,9H2,1H3,(H2,19,21). The normalized spacial score (nSPS) is 12.0. The van der Waals surface area contributed by atoms with Crippen LogP contribution in [-0.4, -0.2) is 11.5 Å². The average molecular weight is 367 g/mol. The molecule has 0 heterocycles. The number of hydrogen-bond donors (Lipinski definition) is 2. The molecule has 3 N–H and O–H groups in total. The lowest BCUT2D eigenvalue weighted by Gasteiger charge is -2.15. The Kier molecular flexibility index (Phi) is 5.31. The van der Waals surface area contributed by atoms with Gasteiger partial charge in [0.15, 0.2) is 5.82 Å². The minimum absolute atomic E-state index is 0.171. The highest BCUT2D eigenvalue weighted by Gasteiger charge is 2.13. The average Bonchev–Trinajstić information content (AvgIpc) is 2.49. The molecule has 0 aliphatic rings. The Morgan fingerprint density at radius 2 is 1.95 bits per heavy atom. The van der Waals surface area contributed by atoms with Crippen molar-refractivity contribution in [2.45, 2.75) is 12.8 Å². The fourth-order valence-corrected chi connectivity index (χ4v) is 2.90. The first-order valence-electron chi connectivity index (χ1n) is 6.57. The van der Waals surface area contributed by atoms with Gasteiger partial charge in [-0.3, -0.25) is 0 Å². The lowest BCUT2D eigenvalue weighted by molar-refractivity contribution is 0.622. The lowest BCUT2D eigenvalue weighted by Crippen LogP contribution is -2.14. The Hall–Kier alpha value is -1.46. The van der Waals surface area contributed by atoms with E-state index in [1.165, 1.54) is 5.56 Å². The van der Waals surface area contributed by atoms with E-state index < -0.39 is 0 Å². The maximum Gasteiger partial charge on any atom is 0.161 e. The Bertz CT molecular complexity index is 646. The van der Waals surface area contributed by atoms with E-state index in [1.54, 1.807) is 12.1 Å². The summed E-state index contributed by atoms with van der Waals surface area (Å²) < 4.78 is 14.5. The van der Waals surface area contributed by atoms with Crippen molar-refractivity contribution in [2.24, 2.45) is 5.73 Å². The third kappa shape index (κ3) is 3.80. The van der Waals surface area contributed by atoms with E-state index in [0.717, 1.165) is 0 Å². The summed E-state index contributed by atoms with van der Waals surface area (Å²) in [5, 5.41) is 3.13. The van der Waals surface area contributed by atoms with Gasteiger partial charge in [0.05, 0.1) is 10.2 Å². The Morgan fingerprint density at radius 1 is 1.29 bits per heavy atom. The molecule has 0 spiro atoms. The highest BCUT2D eigenvalue weighted by Crippen LogP contribution is 2.27. The van der Waals surface area contributed by atoms with Crippen molar-refractivity contribution in [3.8, 4) is 0 Å². The molecule has 110 valence electrons. The number of nitrogens with one attached hydrogen (secondary N) is 1. The Balaban J connectivity index is 2.11. The molecule has 0 saturated heterocycles. The third-order valence-electron chi connectivity index (χ3n) is 3.32. The quantitative estimate of drug-likeness (QED) is 0.768. The highest BCUT2D eigenvalue weighted by molar-refractivity contribution is 9.10. The number of anilines is 1. The van der Waals surface area contributed by atoms with Crippen LogP contribution in [0.3, 0.4) is 0 Å². The fourth-order valence-electron chi connectivity index (χ4n) is 2.04. The van der Waals surface area contributed by atoms with Gasteiger partial charge in [0.1, 0.15) is 4.99 Å². The number of nitrogens with two attached hydrogens (primary N) is 1. The van der Waals surface area contributed by atoms with Crippen molar-refractivity contribution in [2.75, 3.05) is 11.9 Å². The van der Waals surface area contributed by atoms with Crippen LogP contribution in [0.5, 0.6) is 0 Å². The third-order valence-corrected chi connectivity index (χ3v) is 4.31. The highest BCUT2D eigenvalue weighted by atomic mass is 79.9. The first-order valence-corrected chi connectivity index (χ1v) is 7.77. The van der Waals surface area contributed by atoms with Gasteiger partial charge < -0.3 is 11.1 Å². The summed E-state index contributed by atoms with van der Waals surface area (Å²) in [4.78, 5) is 0.171. The molecule has 1 unspecified atom stereocenters. The van der Waals surface area contributed by atoms with Gasteiger partial charge in [0.25, 0.3) is 0 Å². The number of hydrogen-bond acceptors (Lipinski definition) is 2. The molecule has 1 atom stereocenters. The number of thiocarbonyl (C=S) groups is 1. The molecule has 2 nitrogen and oxygen atoms in total. The first-order chi connectivity index (χ1) is 10.0. The van der Waals surface area contributed by atoms with Gasteiger partial charge in [-0.1, -0.05) is 49.5 Å². The molecule has 0 saturated carbocycles. The summed E-state index contributed by atoms with van der Waals surface area (Å²) >= 11 is 8.08. The van der Waals surface area contributed by atoms with E-state index in [-0.39, 0.29) is 16.7 Å². The molecule has 0 fully saturated rings. The van der Waals surface area contributed by atoms with Crippen molar-refractivity contribution in [3.63, 3.8) is 0 Å². The maximum absolute atomic E-state index is 14.3. The molecule has 0 aliphatic heterocycles. The van der Waals surface area contributed by atoms with Crippen LogP contribution in [0.25, 0.3) is 0 Å². The predicted molar refractivity (Wildman–Crippen MR) is 93.3 cm³/mol. The van der Waals surface area contributed by atoms with E-state index in [0.29, 0.717) is 22.3 Å². The van der Waals surface area contributed by atoms with Gasteiger partial charge in [-0.05, 0) is 39.5 Å². The van der Waals surface area contributed by atoms with Crippen molar-refractivity contribution >= 4 is 38.8 Å². The van der Waals surface area contributed by atoms with Crippen molar-refractivity contribution < 1.29 is 4.39 Å². The molecule has 0 amide bonds. The molecule has 2 aromatic carbocycles. The Labute approximate surface area is 137 Å². The number of rotatable bonds is 5. The monoisotopic (exact) mass is 366 g/mol. The van der Waals surface area contributed by atoms with Crippen LogP contribution in [0.1, 0.15) is 24.0 Å². The van der Waals surface area contributed by atoms with Gasteiger partial charge in [-0.15, -0.1) is 0 Å². The van der Waals surface area contributed by atoms with Crippen LogP contribution in [0.15, 0.2) is 46.9 Å². The van der Waals surface area contributed by atoms with Crippen LogP contribution >= 0.6 is 28.1 Å². The minimum Gasteiger partial charge on any atom is -0.389 e. The zero-order chi connectivity index (χ0) is 15.4. The number of halogens is 2. The first kappa shape index (κ1) is 15.9. The predicted octanol–water partition coefficient (Wildman–Crippen LogP) is 4.44. The summed E-state index contributed by atoms with van der Waals surface area (Å²) in [5.74, 6) is -0.0970. The second kappa shape index (κ2) is 7.00. The van der Waals surface area contributed by atoms with E-state index in [2.05, 4.69) is 40.3 Å². The zero-order valence-corrected chi connectivity index (χ0v) is 14.0. The van der Waals surface area contributed by atoms with E-state index in [4.69, 9.17) is 18.0 Å². The molecule has 0 aliphatic carbocycles. The SMILES string of the molecule is CC(CNc1ccc(C(N)=S)c(Br)c1F)c1ccccc1. The van der Waals surface area contributed by atoms with Gasteiger partial charge in [0, 0.05) is 12.1 Å². The Morgan fingerprint density at radius 3 is 2.57 bits per heavy atom. The smallest absolute Gasteiger partial charge is 0.161 e. The fraction of sp³-hybridized carbons (Fsp3) is 0.188. The summed E-state index contributed by atoms with van der Waals surface area (Å²) in [6, 6.07) is 13.5. The minimum atomic E-state index is -0.374. The second-order valence-electron chi connectivity index (χ2n) is 4.85. The van der Waals surface area contributed by atoms with Crippen LogP contribution in [0.4, 0.5) is 10.1 Å². The van der Waals surface area contributed by atoms with Crippen molar-refractivity contribution in [1.82, 2.24) is 0 Å². The van der Waals surface area contributed by atoms with Crippen LogP contribution in [0, 0.1) is 5.82 Å². The largest absolute Gasteiger partial charge is 0.389 e. The van der Waals surface area contributed by atoms with Gasteiger partial charge >= 0.3 is 0 Å². The molecular formula is C16H16BrFN2S. The second-order valence-corrected chi connectivity index (χ2v) is 6.08. The molecule has 0 aromatic heterocycles. The maximum atomic E-state index is 14.3. The van der Waals surface area contributed by atoms with Crippen molar-refractivity contribution in [1.29, 1.82) is 0 Å². The molecule has 2 rings (SSSR count). The number of benzene rings is 2. The molecular weight excluding hydrogens is 351 g/mol. The van der Waals surface area contributed by atoms with Gasteiger partial charge in [0.2, 0.25) is 0 Å². The molecule has 0 bridgehead atoms. The van der Waals surface area contributed by atoms with Crippen molar-refractivity contribution in [3.05, 3.63) is 63.9 Å². The summed E-state index contributed by atoms with van der Waals surface area (Å²) in [7, 11) is 0. The molecule has 2 aromatic rings. The van der Waals surface area contributed by atoms with Gasteiger partial charge in [-0.25, -0.2) is 4.39 Å². The van der Waals surface area contributed by atoms with Crippen LogP contribution < -0.4 is 11.1 Å². The summed E-state index contributed by atoms with van der Waals surface area (Å²) in [6.45, 7) is 2.73. The van der Waals surface area contributed by atoms with E-state index in [1.807, 2.05) is 18.2 Å². The van der Waals surface area contributed by atoms with Crippen LogP contribution in [-0.2, 0) is 0 Å². The molecule has 21 heavy (non-hydrogen) atoms. The summed E-state index contributed by atoms with van der Waals surface area (Å²) in [5.41, 5.74) is 7.70. The van der Waals surface area contributed by atoms with E-state index >= 15 is 0 Å². The topological polar surface area (TPSA) is 38.0 Å². The molecule has 5 heteroatoms. The zero-order valence-electron chi connectivity index (χ0n) is 11.6. The van der Waals surface area contributed by atoms with Crippen LogP contribution in [0.2, 0.25) is 0 Å². The molecule has 0 radical (unpaired) electrons.